The van der Waals surface area contributed by atoms with Crippen LogP contribution in [0.3, 0.4) is 0 Å². The monoisotopic (exact) mass is 294 g/mol. The number of hydrogen-bond donors (Lipinski definition) is 0. The van der Waals surface area contributed by atoms with Crippen molar-refractivity contribution in [2.45, 2.75) is 13.8 Å². The molecule has 8 heteroatoms. The molecule has 2 aromatic rings. The Morgan fingerprint density at radius 3 is 2.65 bits per heavy atom. The lowest BCUT2D eigenvalue weighted by molar-refractivity contribution is -0.129. The number of aromatic nitrogens is 4. The van der Waals surface area contributed by atoms with Crippen molar-refractivity contribution in [1.82, 2.24) is 24.5 Å². The van der Waals surface area contributed by atoms with Crippen molar-refractivity contribution in [3.05, 3.63) is 17.0 Å². The molecule has 3 rings (SSSR count). The van der Waals surface area contributed by atoms with E-state index in [4.69, 9.17) is 11.6 Å². The number of rotatable bonds is 1. The molecular formula is C12H15ClN6O. The summed E-state index contributed by atoms with van der Waals surface area (Å²) in [5, 5.41) is 4.65. The minimum absolute atomic E-state index is 0.111. The molecule has 1 aliphatic rings. The van der Waals surface area contributed by atoms with Gasteiger partial charge in [0.05, 0.1) is 0 Å². The molecule has 0 bridgehead atoms. The first-order valence-corrected chi connectivity index (χ1v) is 6.82. The first kappa shape index (κ1) is 13.1. The third-order valence-electron chi connectivity index (χ3n) is 3.60. The number of nitrogens with zero attached hydrogens (tertiary/aromatic N) is 6. The van der Waals surface area contributed by atoms with Crippen LogP contribution in [0.5, 0.6) is 0 Å². The summed E-state index contributed by atoms with van der Waals surface area (Å²) in [6.45, 7) is 6.41. The molecule has 0 atom stereocenters. The van der Waals surface area contributed by atoms with E-state index < -0.39 is 0 Å². The van der Waals surface area contributed by atoms with Crippen LogP contribution in [0.15, 0.2) is 6.33 Å². The van der Waals surface area contributed by atoms with Gasteiger partial charge in [-0.1, -0.05) is 11.6 Å². The summed E-state index contributed by atoms with van der Waals surface area (Å²) >= 11 is 6.16. The Balaban J connectivity index is 1.97. The second-order valence-electron chi connectivity index (χ2n) is 4.82. The predicted octanol–water partition coefficient (Wildman–Crippen LogP) is 0.755. The molecule has 0 aliphatic carbocycles. The Kier molecular flexibility index (Phi) is 3.21. The van der Waals surface area contributed by atoms with Gasteiger partial charge in [0.1, 0.15) is 17.3 Å². The van der Waals surface area contributed by atoms with Crippen LogP contribution in [0.4, 0.5) is 5.82 Å². The third kappa shape index (κ3) is 2.07. The zero-order chi connectivity index (χ0) is 14.3. The lowest BCUT2D eigenvalue weighted by Crippen LogP contribution is -2.48. The van der Waals surface area contributed by atoms with Crippen molar-refractivity contribution in [2.75, 3.05) is 31.1 Å². The SMILES string of the molecule is CC(=O)N1CCN(c2c(C)c(Cl)nc3ncnn23)CC1. The summed E-state index contributed by atoms with van der Waals surface area (Å²) in [5.74, 6) is 1.50. The van der Waals surface area contributed by atoms with E-state index in [1.807, 2.05) is 11.8 Å². The smallest absolute Gasteiger partial charge is 0.255 e. The maximum absolute atomic E-state index is 11.4. The van der Waals surface area contributed by atoms with Crippen molar-refractivity contribution >= 4 is 29.1 Å². The second kappa shape index (κ2) is 4.90. The maximum Gasteiger partial charge on any atom is 0.255 e. The summed E-state index contributed by atoms with van der Waals surface area (Å²) < 4.78 is 1.70. The van der Waals surface area contributed by atoms with E-state index in [-0.39, 0.29) is 5.91 Å². The highest BCUT2D eigenvalue weighted by Gasteiger charge is 2.23. The normalized spacial score (nSPS) is 15.9. The molecule has 0 saturated carbocycles. The highest BCUT2D eigenvalue weighted by Crippen LogP contribution is 2.26. The zero-order valence-electron chi connectivity index (χ0n) is 11.4. The fourth-order valence-corrected chi connectivity index (χ4v) is 2.65. The van der Waals surface area contributed by atoms with Gasteiger partial charge >= 0.3 is 0 Å². The van der Waals surface area contributed by atoms with Gasteiger partial charge in [-0.15, -0.1) is 0 Å². The quantitative estimate of drug-likeness (QED) is 0.726. The molecule has 1 fully saturated rings. The Morgan fingerprint density at radius 1 is 1.30 bits per heavy atom. The van der Waals surface area contributed by atoms with Crippen LogP contribution in [0.2, 0.25) is 5.15 Å². The number of halogens is 1. The number of hydrogen-bond acceptors (Lipinski definition) is 5. The zero-order valence-corrected chi connectivity index (χ0v) is 12.1. The first-order valence-electron chi connectivity index (χ1n) is 6.44. The average molecular weight is 295 g/mol. The van der Waals surface area contributed by atoms with E-state index >= 15 is 0 Å². The summed E-state index contributed by atoms with van der Waals surface area (Å²) in [4.78, 5) is 23.7. The highest BCUT2D eigenvalue weighted by molar-refractivity contribution is 6.30. The van der Waals surface area contributed by atoms with Crippen molar-refractivity contribution in [2.24, 2.45) is 0 Å². The molecule has 7 nitrogen and oxygen atoms in total. The highest BCUT2D eigenvalue weighted by atomic mass is 35.5. The first-order chi connectivity index (χ1) is 9.58. The minimum atomic E-state index is 0.111. The van der Waals surface area contributed by atoms with Gasteiger partial charge in [-0.2, -0.15) is 19.6 Å². The van der Waals surface area contributed by atoms with Gasteiger partial charge in [0.2, 0.25) is 5.91 Å². The van der Waals surface area contributed by atoms with Gasteiger partial charge in [-0.3, -0.25) is 4.79 Å². The Bertz CT molecular complexity index is 661. The van der Waals surface area contributed by atoms with Crippen molar-refractivity contribution in [3.63, 3.8) is 0 Å². The second-order valence-corrected chi connectivity index (χ2v) is 5.17. The molecule has 20 heavy (non-hydrogen) atoms. The van der Waals surface area contributed by atoms with E-state index in [9.17, 15) is 4.79 Å². The number of piperazine rings is 1. The van der Waals surface area contributed by atoms with E-state index in [2.05, 4.69) is 20.0 Å². The van der Waals surface area contributed by atoms with Gasteiger partial charge in [0, 0.05) is 38.7 Å². The van der Waals surface area contributed by atoms with Gasteiger partial charge < -0.3 is 9.80 Å². The molecule has 0 N–H and O–H groups in total. The van der Waals surface area contributed by atoms with Crippen LogP contribution in [-0.2, 0) is 4.79 Å². The lowest BCUT2D eigenvalue weighted by atomic mass is 10.2. The molecule has 1 amide bonds. The molecule has 1 aliphatic heterocycles. The summed E-state index contributed by atoms with van der Waals surface area (Å²) in [7, 11) is 0. The largest absolute Gasteiger partial charge is 0.353 e. The van der Waals surface area contributed by atoms with E-state index in [0.717, 1.165) is 24.5 Å². The molecule has 0 unspecified atom stereocenters. The fourth-order valence-electron chi connectivity index (χ4n) is 2.49. The third-order valence-corrected chi connectivity index (χ3v) is 3.97. The minimum Gasteiger partial charge on any atom is -0.353 e. The maximum atomic E-state index is 11.4. The molecule has 1 saturated heterocycles. The van der Waals surface area contributed by atoms with Crippen LogP contribution in [0, 0.1) is 6.92 Å². The van der Waals surface area contributed by atoms with Crippen LogP contribution in [0.25, 0.3) is 5.78 Å². The van der Waals surface area contributed by atoms with Crippen LogP contribution >= 0.6 is 11.6 Å². The molecule has 0 spiro atoms. The number of fused-ring (bicyclic) bond motifs is 1. The fraction of sp³-hybridized carbons (Fsp3) is 0.500. The van der Waals surface area contributed by atoms with E-state index in [1.54, 1.807) is 11.4 Å². The molecule has 0 radical (unpaired) electrons. The summed E-state index contributed by atoms with van der Waals surface area (Å²) in [6.07, 6.45) is 1.47. The number of carbonyl (C=O) groups is 1. The van der Waals surface area contributed by atoms with Gasteiger partial charge in [0.15, 0.2) is 0 Å². The topological polar surface area (TPSA) is 66.6 Å². The lowest BCUT2D eigenvalue weighted by Gasteiger charge is -2.36. The van der Waals surface area contributed by atoms with Gasteiger partial charge in [-0.05, 0) is 6.92 Å². The number of amides is 1. The summed E-state index contributed by atoms with van der Waals surface area (Å²) in [5.41, 5.74) is 0.876. The molecule has 0 aromatic carbocycles. The van der Waals surface area contributed by atoms with Crippen molar-refractivity contribution < 1.29 is 4.79 Å². The van der Waals surface area contributed by atoms with Crippen molar-refractivity contribution in [1.29, 1.82) is 0 Å². The van der Waals surface area contributed by atoms with Gasteiger partial charge in [-0.25, -0.2) is 0 Å². The average Bonchev–Trinajstić information content (AvgIpc) is 2.88. The molecule has 3 heterocycles. The molecule has 106 valence electrons. The Morgan fingerprint density at radius 2 is 2.00 bits per heavy atom. The Hall–Kier alpha value is -1.89. The van der Waals surface area contributed by atoms with Gasteiger partial charge in [0.25, 0.3) is 5.78 Å². The van der Waals surface area contributed by atoms with E-state index in [1.165, 1.54) is 6.33 Å². The van der Waals surface area contributed by atoms with Crippen LogP contribution in [-0.4, -0.2) is 56.6 Å². The van der Waals surface area contributed by atoms with Crippen LogP contribution < -0.4 is 4.90 Å². The standard InChI is InChI=1S/C12H15ClN6O/c1-8-10(13)16-12-14-7-15-19(12)11(8)18-5-3-17(4-6-18)9(2)20/h7H,3-6H2,1-2H3. The molecule has 2 aromatic heterocycles. The number of carbonyl (C=O) groups excluding carboxylic acids is 1. The number of anilines is 1. The Labute approximate surface area is 121 Å². The summed E-state index contributed by atoms with van der Waals surface area (Å²) in [6, 6.07) is 0. The molecular weight excluding hydrogens is 280 g/mol. The van der Waals surface area contributed by atoms with E-state index in [0.29, 0.717) is 24.0 Å². The predicted molar refractivity (Wildman–Crippen MR) is 75.0 cm³/mol. The van der Waals surface area contributed by atoms with Crippen LogP contribution in [0.1, 0.15) is 12.5 Å². The van der Waals surface area contributed by atoms with Crippen molar-refractivity contribution in [3.8, 4) is 0 Å².